The lowest BCUT2D eigenvalue weighted by molar-refractivity contribution is 0.0966. The van der Waals surface area contributed by atoms with Crippen LogP contribution in [-0.2, 0) is 13.6 Å². The molecule has 4 heteroatoms. The summed E-state index contributed by atoms with van der Waals surface area (Å²) >= 11 is 0. The number of imidazole rings is 1. The average molecular weight is 271 g/mol. The van der Waals surface area contributed by atoms with Crippen molar-refractivity contribution in [2.45, 2.75) is 19.9 Å². The first-order valence-electron chi connectivity index (χ1n) is 6.81. The lowest BCUT2D eigenvalue weighted by Crippen LogP contribution is -2.23. The van der Waals surface area contributed by atoms with Crippen molar-refractivity contribution in [2.75, 3.05) is 13.6 Å². The molecule has 2 rings (SSSR count). The summed E-state index contributed by atoms with van der Waals surface area (Å²) in [5, 5.41) is 0. The summed E-state index contributed by atoms with van der Waals surface area (Å²) in [6, 6.07) is 7.75. The summed E-state index contributed by atoms with van der Waals surface area (Å²) in [7, 11) is 3.99. The van der Waals surface area contributed by atoms with Crippen molar-refractivity contribution in [3.8, 4) is 0 Å². The van der Waals surface area contributed by atoms with Crippen LogP contribution in [0.25, 0.3) is 0 Å². The summed E-state index contributed by atoms with van der Waals surface area (Å²) in [6.07, 6.45) is 4.26. The maximum atomic E-state index is 12.2. The van der Waals surface area contributed by atoms with E-state index in [2.05, 4.69) is 9.88 Å². The summed E-state index contributed by atoms with van der Waals surface area (Å²) in [4.78, 5) is 18.6. The molecule has 0 atom stereocenters. The minimum Gasteiger partial charge on any atom is -0.337 e. The lowest BCUT2D eigenvalue weighted by Gasteiger charge is -2.16. The number of aromatic nitrogens is 2. The highest BCUT2D eigenvalue weighted by Crippen LogP contribution is 2.10. The Hall–Kier alpha value is -1.94. The van der Waals surface area contributed by atoms with Gasteiger partial charge in [-0.3, -0.25) is 9.69 Å². The molecule has 4 nitrogen and oxygen atoms in total. The van der Waals surface area contributed by atoms with Crippen LogP contribution in [0.5, 0.6) is 0 Å². The van der Waals surface area contributed by atoms with Crippen LogP contribution in [0, 0.1) is 6.92 Å². The van der Waals surface area contributed by atoms with E-state index in [4.69, 9.17) is 0 Å². The van der Waals surface area contributed by atoms with Gasteiger partial charge in [0.2, 0.25) is 0 Å². The summed E-state index contributed by atoms with van der Waals surface area (Å²) in [5.41, 5.74) is 1.88. The highest BCUT2D eigenvalue weighted by Gasteiger charge is 2.10. The molecule has 0 amide bonds. The molecule has 1 aromatic heterocycles. The Morgan fingerprint density at radius 3 is 2.75 bits per heavy atom. The number of hydrogen-bond acceptors (Lipinski definition) is 3. The molecule has 0 aliphatic rings. The highest BCUT2D eigenvalue weighted by atomic mass is 16.1. The molecule has 2 aromatic rings. The third-order valence-corrected chi connectivity index (χ3v) is 3.50. The molecule has 0 saturated heterocycles. The van der Waals surface area contributed by atoms with Crippen LogP contribution in [-0.4, -0.2) is 33.8 Å². The summed E-state index contributed by atoms with van der Waals surface area (Å²) in [5.74, 6) is 1.21. The molecular weight excluding hydrogens is 250 g/mol. The number of hydrogen-bond donors (Lipinski definition) is 0. The topological polar surface area (TPSA) is 38.1 Å². The number of carbonyl (C=O) groups is 1. The molecule has 0 radical (unpaired) electrons. The van der Waals surface area contributed by atoms with E-state index in [-0.39, 0.29) is 5.78 Å². The molecule has 20 heavy (non-hydrogen) atoms. The van der Waals surface area contributed by atoms with Gasteiger partial charge in [0.25, 0.3) is 0 Å². The normalized spacial score (nSPS) is 11.0. The van der Waals surface area contributed by atoms with Gasteiger partial charge >= 0.3 is 0 Å². The third-order valence-electron chi connectivity index (χ3n) is 3.50. The number of nitrogens with zero attached hydrogens (tertiary/aromatic N) is 3. The van der Waals surface area contributed by atoms with E-state index in [1.807, 2.05) is 56.0 Å². The Morgan fingerprint density at radius 2 is 2.10 bits per heavy atom. The lowest BCUT2D eigenvalue weighted by atomic mass is 10.0. The minimum atomic E-state index is 0.204. The predicted molar refractivity (Wildman–Crippen MR) is 79.7 cm³/mol. The number of ketones is 1. The molecular formula is C16H21N3O. The molecule has 0 N–H and O–H groups in total. The fourth-order valence-electron chi connectivity index (χ4n) is 2.18. The van der Waals surface area contributed by atoms with Crippen LogP contribution in [0.2, 0.25) is 0 Å². The first-order valence-corrected chi connectivity index (χ1v) is 6.81. The van der Waals surface area contributed by atoms with Crippen molar-refractivity contribution in [3.63, 3.8) is 0 Å². The third kappa shape index (κ3) is 3.54. The molecule has 0 unspecified atom stereocenters. The Kier molecular flexibility index (Phi) is 4.69. The van der Waals surface area contributed by atoms with Crippen LogP contribution < -0.4 is 0 Å². The maximum absolute atomic E-state index is 12.2. The van der Waals surface area contributed by atoms with Crippen LogP contribution in [0.1, 0.15) is 28.2 Å². The molecule has 1 heterocycles. The summed E-state index contributed by atoms with van der Waals surface area (Å²) in [6.45, 7) is 3.47. The maximum Gasteiger partial charge on any atom is 0.164 e. The van der Waals surface area contributed by atoms with Gasteiger partial charge in [0, 0.05) is 38.0 Å². The molecule has 0 fully saturated rings. The zero-order valence-electron chi connectivity index (χ0n) is 12.3. The smallest absolute Gasteiger partial charge is 0.164 e. The van der Waals surface area contributed by atoms with Crippen molar-refractivity contribution in [2.24, 2.45) is 7.05 Å². The van der Waals surface area contributed by atoms with E-state index in [0.29, 0.717) is 6.42 Å². The predicted octanol–water partition coefficient (Wildman–Crippen LogP) is 2.43. The van der Waals surface area contributed by atoms with Gasteiger partial charge in [-0.15, -0.1) is 0 Å². The zero-order valence-corrected chi connectivity index (χ0v) is 12.3. The fraction of sp³-hybridized carbons (Fsp3) is 0.375. The molecule has 0 aliphatic heterocycles. The number of rotatable bonds is 6. The average Bonchev–Trinajstić information content (AvgIpc) is 2.82. The van der Waals surface area contributed by atoms with Crippen LogP contribution in [0.15, 0.2) is 36.7 Å². The second-order valence-corrected chi connectivity index (χ2v) is 5.18. The Morgan fingerprint density at radius 1 is 1.35 bits per heavy atom. The second kappa shape index (κ2) is 6.48. The minimum absolute atomic E-state index is 0.204. The fourth-order valence-corrected chi connectivity index (χ4v) is 2.18. The van der Waals surface area contributed by atoms with E-state index in [1.165, 1.54) is 0 Å². The molecule has 0 bridgehead atoms. The van der Waals surface area contributed by atoms with Gasteiger partial charge in [-0.25, -0.2) is 4.98 Å². The quantitative estimate of drug-likeness (QED) is 0.757. The van der Waals surface area contributed by atoms with Crippen molar-refractivity contribution in [1.82, 2.24) is 14.5 Å². The SMILES string of the molecule is Cc1ccccc1C(=O)CCN(C)Cc1nccn1C. The van der Waals surface area contributed by atoms with E-state index < -0.39 is 0 Å². The van der Waals surface area contributed by atoms with Crippen molar-refractivity contribution in [3.05, 3.63) is 53.6 Å². The van der Waals surface area contributed by atoms with Crippen molar-refractivity contribution < 1.29 is 4.79 Å². The van der Waals surface area contributed by atoms with Crippen LogP contribution in [0.3, 0.4) is 0 Å². The van der Waals surface area contributed by atoms with Gasteiger partial charge in [-0.2, -0.15) is 0 Å². The summed E-state index contributed by atoms with van der Waals surface area (Å²) < 4.78 is 2.00. The van der Waals surface area contributed by atoms with Crippen molar-refractivity contribution >= 4 is 5.78 Å². The van der Waals surface area contributed by atoms with Gasteiger partial charge in [0.1, 0.15) is 5.82 Å². The molecule has 0 spiro atoms. The van der Waals surface area contributed by atoms with Gasteiger partial charge in [0.05, 0.1) is 6.54 Å². The monoisotopic (exact) mass is 271 g/mol. The Balaban J connectivity index is 1.87. The number of benzene rings is 1. The van der Waals surface area contributed by atoms with Gasteiger partial charge in [0.15, 0.2) is 5.78 Å². The highest BCUT2D eigenvalue weighted by molar-refractivity contribution is 5.97. The van der Waals surface area contributed by atoms with E-state index in [1.54, 1.807) is 6.20 Å². The molecule has 1 aromatic carbocycles. The number of aryl methyl sites for hydroxylation is 2. The molecule has 0 aliphatic carbocycles. The largest absolute Gasteiger partial charge is 0.337 e. The standard InChI is InChI=1S/C16H21N3O/c1-13-6-4-5-7-14(13)15(20)8-10-18(2)12-16-17-9-11-19(16)3/h4-7,9,11H,8,10,12H2,1-3H3. The Labute approximate surface area is 120 Å². The zero-order chi connectivity index (χ0) is 14.5. The van der Waals surface area contributed by atoms with E-state index >= 15 is 0 Å². The first-order chi connectivity index (χ1) is 9.58. The van der Waals surface area contributed by atoms with Gasteiger partial charge in [-0.1, -0.05) is 24.3 Å². The molecule has 106 valence electrons. The van der Waals surface area contributed by atoms with Gasteiger partial charge < -0.3 is 4.57 Å². The van der Waals surface area contributed by atoms with Crippen LogP contribution >= 0.6 is 0 Å². The Bertz CT molecular complexity index is 589. The number of carbonyl (C=O) groups excluding carboxylic acids is 1. The van der Waals surface area contributed by atoms with Gasteiger partial charge in [-0.05, 0) is 19.5 Å². The van der Waals surface area contributed by atoms with Crippen molar-refractivity contribution in [1.29, 1.82) is 0 Å². The number of Topliss-reactive ketones (excluding diaryl/α,β-unsaturated/α-hetero) is 1. The second-order valence-electron chi connectivity index (χ2n) is 5.18. The van der Waals surface area contributed by atoms with E-state index in [9.17, 15) is 4.79 Å². The van der Waals surface area contributed by atoms with Crippen LogP contribution in [0.4, 0.5) is 0 Å². The van der Waals surface area contributed by atoms with E-state index in [0.717, 1.165) is 30.0 Å². The molecule has 0 saturated carbocycles. The first kappa shape index (κ1) is 14.5.